The van der Waals surface area contributed by atoms with E-state index in [9.17, 15) is 30.4 Å². The third kappa shape index (κ3) is 6.26. The van der Waals surface area contributed by atoms with Crippen molar-refractivity contribution in [3.63, 3.8) is 0 Å². The van der Waals surface area contributed by atoms with Crippen LogP contribution in [0, 0.1) is 11.6 Å². The first kappa shape index (κ1) is 24.6. The molecule has 178 valence electrons. The van der Waals surface area contributed by atoms with Gasteiger partial charge in [-0.2, -0.15) is 0 Å². The summed E-state index contributed by atoms with van der Waals surface area (Å²) in [5, 5.41) is 3.00. The van der Waals surface area contributed by atoms with Crippen molar-refractivity contribution in [3.05, 3.63) is 53.9 Å². The van der Waals surface area contributed by atoms with Crippen molar-refractivity contribution in [1.82, 2.24) is 9.97 Å². The number of rotatable bonds is 10. The number of sulfone groups is 1. The van der Waals surface area contributed by atoms with Crippen molar-refractivity contribution in [1.29, 1.82) is 0 Å². The van der Waals surface area contributed by atoms with Gasteiger partial charge in [0.2, 0.25) is 10.0 Å². The molecule has 33 heavy (non-hydrogen) atoms. The molecule has 13 heteroatoms. The van der Waals surface area contributed by atoms with Gasteiger partial charge in [0.25, 0.3) is 5.91 Å². The van der Waals surface area contributed by atoms with Crippen LogP contribution in [0.15, 0.2) is 36.7 Å². The normalized spacial score (nSPS) is 12.1. The monoisotopic (exact) mass is 500 g/mol. The number of amides is 1. The molecule has 3 N–H and O–H groups in total. The van der Waals surface area contributed by atoms with Crippen molar-refractivity contribution < 1.29 is 30.4 Å². The molecule has 0 bridgehead atoms. The molecule has 0 aliphatic rings. The molecule has 0 fully saturated rings. The molecular weight excluding hydrogens is 478 g/mol. The van der Waals surface area contributed by atoms with Crippen LogP contribution in [0.1, 0.15) is 30.1 Å². The van der Waals surface area contributed by atoms with E-state index in [-0.39, 0.29) is 23.6 Å². The lowest BCUT2D eigenvalue weighted by molar-refractivity contribution is 0.101. The molecule has 0 aliphatic heterocycles. The average Bonchev–Trinajstić information content (AvgIpc) is 3.17. The van der Waals surface area contributed by atoms with Gasteiger partial charge in [0.15, 0.2) is 5.82 Å². The van der Waals surface area contributed by atoms with Crippen molar-refractivity contribution in [3.8, 4) is 0 Å². The largest absolute Gasteiger partial charge is 0.346 e. The molecule has 1 amide bonds. The van der Waals surface area contributed by atoms with E-state index in [1.807, 2.05) is 4.72 Å². The van der Waals surface area contributed by atoms with Crippen LogP contribution in [0.4, 0.5) is 20.2 Å². The zero-order valence-corrected chi connectivity index (χ0v) is 19.2. The van der Waals surface area contributed by atoms with Gasteiger partial charge >= 0.3 is 0 Å². The summed E-state index contributed by atoms with van der Waals surface area (Å²) in [4.78, 5) is 19.5. The molecule has 0 unspecified atom stereocenters. The van der Waals surface area contributed by atoms with Gasteiger partial charge in [-0.05, 0) is 37.1 Å². The number of nitrogens with zero attached hydrogens (tertiary/aromatic N) is 1. The molecule has 0 saturated heterocycles. The summed E-state index contributed by atoms with van der Waals surface area (Å²) in [5.41, 5.74) is -0.860. The van der Waals surface area contributed by atoms with Gasteiger partial charge in [0, 0.05) is 17.3 Å². The number of carbonyl (C=O) groups excluding carboxylic acids is 1. The number of hydrogen-bond donors (Lipinski definition) is 3. The summed E-state index contributed by atoms with van der Waals surface area (Å²) < 4.78 is 79.1. The van der Waals surface area contributed by atoms with Crippen LogP contribution in [0.25, 0.3) is 11.0 Å². The minimum Gasteiger partial charge on any atom is -0.346 e. The Morgan fingerprint density at radius 1 is 1.09 bits per heavy atom. The molecule has 0 aliphatic carbocycles. The molecule has 0 radical (unpaired) electrons. The number of benzene rings is 1. The maximum absolute atomic E-state index is 14.9. The smallest absolute Gasteiger partial charge is 0.261 e. The molecule has 3 rings (SSSR count). The van der Waals surface area contributed by atoms with Crippen LogP contribution in [0.3, 0.4) is 0 Å². The lowest BCUT2D eigenvalue weighted by atomic mass is 10.1. The first-order chi connectivity index (χ1) is 15.5. The molecule has 3 aromatic rings. The predicted molar refractivity (Wildman–Crippen MR) is 121 cm³/mol. The second kappa shape index (κ2) is 9.83. The molecule has 9 nitrogen and oxygen atoms in total. The fraction of sp³-hybridized carbons (Fsp3) is 0.300. The molecule has 0 spiro atoms. The lowest BCUT2D eigenvalue weighted by Gasteiger charge is -2.12. The summed E-state index contributed by atoms with van der Waals surface area (Å²) in [5.74, 6) is -4.69. The van der Waals surface area contributed by atoms with Crippen molar-refractivity contribution in [2.75, 3.05) is 27.3 Å². The quantitative estimate of drug-likeness (QED) is 0.391. The third-order valence-electron chi connectivity index (χ3n) is 4.63. The number of pyridine rings is 1. The van der Waals surface area contributed by atoms with E-state index in [1.165, 1.54) is 6.20 Å². The highest BCUT2D eigenvalue weighted by Crippen LogP contribution is 2.24. The number of H-pyrrole nitrogens is 1. The summed E-state index contributed by atoms with van der Waals surface area (Å²) >= 11 is 0. The highest BCUT2D eigenvalue weighted by Gasteiger charge is 2.24. The Kier molecular flexibility index (Phi) is 7.32. The van der Waals surface area contributed by atoms with Crippen LogP contribution in [0.2, 0.25) is 0 Å². The minimum atomic E-state index is -4.15. The fourth-order valence-corrected chi connectivity index (χ4v) is 5.85. The van der Waals surface area contributed by atoms with Crippen molar-refractivity contribution in [2.24, 2.45) is 0 Å². The van der Waals surface area contributed by atoms with E-state index in [4.69, 9.17) is 0 Å². The van der Waals surface area contributed by atoms with Gasteiger partial charge in [-0.3, -0.25) is 9.52 Å². The average molecular weight is 501 g/mol. The first-order valence-corrected chi connectivity index (χ1v) is 13.4. The van der Waals surface area contributed by atoms with E-state index < -0.39 is 54.4 Å². The van der Waals surface area contributed by atoms with E-state index in [0.717, 1.165) is 12.1 Å². The summed E-state index contributed by atoms with van der Waals surface area (Å²) in [6, 6.07) is 4.85. The Morgan fingerprint density at radius 3 is 2.58 bits per heavy atom. The third-order valence-corrected chi connectivity index (χ3v) is 7.92. The summed E-state index contributed by atoms with van der Waals surface area (Å²) in [6.07, 6.45) is 3.15. The van der Waals surface area contributed by atoms with Gasteiger partial charge in [-0.15, -0.1) is 0 Å². The molecule has 1 aromatic carbocycles. The second-order valence-corrected chi connectivity index (χ2v) is 11.4. The fourth-order valence-electron chi connectivity index (χ4n) is 3.14. The van der Waals surface area contributed by atoms with Gasteiger partial charge < -0.3 is 10.3 Å². The Bertz CT molecular complexity index is 1390. The van der Waals surface area contributed by atoms with Gasteiger partial charge in [-0.1, -0.05) is 6.92 Å². The molecule has 0 atom stereocenters. The zero-order valence-electron chi connectivity index (χ0n) is 17.6. The molecule has 0 saturated carbocycles. The Morgan fingerprint density at radius 2 is 1.85 bits per heavy atom. The number of halogens is 2. The van der Waals surface area contributed by atoms with E-state index in [0.29, 0.717) is 17.5 Å². The van der Waals surface area contributed by atoms with E-state index in [1.54, 1.807) is 25.3 Å². The minimum absolute atomic E-state index is 0.0575. The van der Waals surface area contributed by atoms with Gasteiger partial charge in [-0.25, -0.2) is 30.6 Å². The highest BCUT2D eigenvalue weighted by molar-refractivity contribution is 7.93. The van der Waals surface area contributed by atoms with Crippen LogP contribution >= 0.6 is 0 Å². The molecule has 2 aromatic heterocycles. The maximum Gasteiger partial charge on any atom is 0.261 e. The predicted octanol–water partition coefficient (Wildman–Crippen LogP) is 3.05. The molecule has 2 heterocycles. The van der Waals surface area contributed by atoms with E-state index in [2.05, 4.69) is 15.3 Å². The van der Waals surface area contributed by atoms with Gasteiger partial charge in [0.1, 0.15) is 26.9 Å². The first-order valence-electron chi connectivity index (χ1n) is 9.95. The second-order valence-electron chi connectivity index (χ2n) is 7.30. The van der Waals surface area contributed by atoms with E-state index >= 15 is 0 Å². The summed E-state index contributed by atoms with van der Waals surface area (Å²) in [7, 11) is -7.52. The van der Waals surface area contributed by atoms with Gasteiger partial charge in [0.05, 0.1) is 29.1 Å². The number of anilines is 2. The van der Waals surface area contributed by atoms with Crippen LogP contribution < -0.4 is 10.0 Å². The van der Waals surface area contributed by atoms with Crippen molar-refractivity contribution in [2.45, 2.75) is 19.8 Å². The number of sulfonamides is 1. The topological polar surface area (TPSA) is 138 Å². The van der Waals surface area contributed by atoms with Crippen molar-refractivity contribution >= 4 is 48.2 Å². The van der Waals surface area contributed by atoms with Crippen LogP contribution in [-0.4, -0.2) is 50.0 Å². The maximum atomic E-state index is 14.9. The lowest BCUT2D eigenvalue weighted by Crippen LogP contribution is -2.22. The standard InChI is InChI=1S/C20H22F2N4O5S2/c1-2-8-32(28,29)9-3-10-33(30,31)26-16-5-4-15(21)17(18(16)22)20(27)25-14-11-13-6-7-23-19(13)24-12-14/h4-7,11-12,26H,2-3,8-10H2,1H3,(H,23,24)(H,25,27). The van der Waals surface area contributed by atoms with Crippen LogP contribution in [0.5, 0.6) is 0 Å². The zero-order chi connectivity index (χ0) is 24.2. The number of nitrogens with one attached hydrogen (secondary N) is 3. The Hall–Kier alpha value is -3.06. The highest BCUT2D eigenvalue weighted by atomic mass is 32.2. The number of fused-ring (bicyclic) bond motifs is 1. The Labute approximate surface area is 189 Å². The van der Waals surface area contributed by atoms with Crippen LogP contribution in [-0.2, 0) is 19.9 Å². The number of aromatic nitrogens is 2. The summed E-state index contributed by atoms with van der Waals surface area (Å²) in [6.45, 7) is 1.69. The number of hydrogen-bond acceptors (Lipinski definition) is 6. The number of carbonyl (C=O) groups is 1. The SMILES string of the molecule is CCCS(=O)(=O)CCCS(=O)(=O)Nc1ccc(F)c(C(=O)Nc2cnc3[nH]ccc3c2)c1F. The molecular formula is C20H22F2N4O5S2. The Balaban J connectivity index is 1.75. The number of aromatic amines is 1.